The summed E-state index contributed by atoms with van der Waals surface area (Å²) in [6, 6.07) is 18.0. The number of methoxy groups -OCH3 is 1. The van der Waals surface area contributed by atoms with Crippen molar-refractivity contribution in [3.8, 4) is 5.75 Å². The van der Waals surface area contributed by atoms with Crippen LogP contribution in [0.2, 0.25) is 0 Å². The van der Waals surface area contributed by atoms with Crippen LogP contribution in [0, 0.1) is 0 Å². The lowest BCUT2D eigenvalue weighted by Crippen LogP contribution is -2.33. The summed E-state index contributed by atoms with van der Waals surface area (Å²) >= 11 is 0. The monoisotopic (exact) mass is 356 g/mol. The van der Waals surface area contributed by atoms with Crippen molar-refractivity contribution in [2.45, 2.75) is 32.3 Å². The van der Waals surface area contributed by atoms with Gasteiger partial charge in [-0.2, -0.15) is 0 Å². The smallest absolute Gasteiger partial charge is 0.118 e. The zero-order chi connectivity index (χ0) is 18.6. The van der Waals surface area contributed by atoms with E-state index in [1.54, 1.807) is 13.2 Å². The SMILES string of the molecule is C=CCOC[C@@H](OCc1ccccc1)C(C)OCc1ccc(OC)cc1. The second kappa shape index (κ2) is 11.5. The van der Waals surface area contributed by atoms with Crippen LogP contribution in [-0.4, -0.2) is 32.5 Å². The topological polar surface area (TPSA) is 36.9 Å². The second-order valence-electron chi connectivity index (χ2n) is 6.03. The molecule has 4 nitrogen and oxygen atoms in total. The van der Waals surface area contributed by atoms with E-state index in [0.717, 1.165) is 16.9 Å². The standard InChI is InChI=1S/C22H28O4/c1-4-14-24-17-22(26-16-19-8-6-5-7-9-19)18(2)25-15-20-10-12-21(23-3)13-11-20/h4-13,18,22H,1,14-17H2,2-3H3/t18?,22-/m1/s1. The van der Waals surface area contributed by atoms with Crippen LogP contribution in [0.1, 0.15) is 18.1 Å². The third-order valence-electron chi connectivity index (χ3n) is 4.02. The largest absolute Gasteiger partial charge is 0.497 e. The highest BCUT2D eigenvalue weighted by atomic mass is 16.6. The van der Waals surface area contributed by atoms with Crippen LogP contribution in [0.25, 0.3) is 0 Å². The third-order valence-corrected chi connectivity index (χ3v) is 4.02. The Kier molecular flexibility index (Phi) is 8.90. The highest BCUT2D eigenvalue weighted by Gasteiger charge is 2.19. The molecule has 0 heterocycles. The van der Waals surface area contributed by atoms with Crippen LogP contribution in [0.3, 0.4) is 0 Å². The molecule has 26 heavy (non-hydrogen) atoms. The average molecular weight is 356 g/mol. The summed E-state index contributed by atoms with van der Waals surface area (Å²) in [5, 5.41) is 0. The molecule has 0 bridgehead atoms. The van der Waals surface area contributed by atoms with Crippen molar-refractivity contribution < 1.29 is 18.9 Å². The fourth-order valence-corrected chi connectivity index (χ4v) is 2.42. The summed E-state index contributed by atoms with van der Waals surface area (Å²) in [6.45, 7) is 7.69. The zero-order valence-electron chi connectivity index (χ0n) is 15.6. The first kappa shape index (κ1) is 20.2. The molecule has 2 aromatic carbocycles. The van der Waals surface area contributed by atoms with Gasteiger partial charge in [-0.15, -0.1) is 6.58 Å². The first-order chi connectivity index (χ1) is 12.7. The molecule has 4 heteroatoms. The van der Waals surface area contributed by atoms with Crippen molar-refractivity contribution in [3.05, 3.63) is 78.4 Å². The third kappa shape index (κ3) is 7.00. The minimum Gasteiger partial charge on any atom is -0.497 e. The summed E-state index contributed by atoms with van der Waals surface area (Å²) in [5.41, 5.74) is 2.22. The molecule has 0 aliphatic rings. The summed E-state index contributed by atoms with van der Waals surface area (Å²) in [6.07, 6.45) is 1.47. The van der Waals surface area contributed by atoms with Gasteiger partial charge in [-0.05, 0) is 30.2 Å². The molecule has 0 spiro atoms. The van der Waals surface area contributed by atoms with Gasteiger partial charge in [0.15, 0.2) is 0 Å². The van der Waals surface area contributed by atoms with Gasteiger partial charge in [0.05, 0.1) is 39.6 Å². The maximum atomic E-state index is 6.06. The van der Waals surface area contributed by atoms with Gasteiger partial charge < -0.3 is 18.9 Å². The fraction of sp³-hybridized carbons (Fsp3) is 0.364. The second-order valence-corrected chi connectivity index (χ2v) is 6.03. The van der Waals surface area contributed by atoms with Crippen molar-refractivity contribution in [1.29, 1.82) is 0 Å². The molecule has 0 saturated carbocycles. The molecule has 140 valence electrons. The Morgan fingerprint density at radius 3 is 2.23 bits per heavy atom. The fourth-order valence-electron chi connectivity index (χ4n) is 2.42. The van der Waals surface area contributed by atoms with E-state index in [9.17, 15) is 0 Å². The molecule has 2 atom stereocenters. The van der Waals surface area contributed by atoms with Crippen LogP contribution in [0.4, 0.5) is 0 Å². The lowest BCUT2D eigenvalue weighted by Gasteiger charge is -2.24. The van der Waals surface area contributed by atoms with Crippen LogP contribution in [0.15, 0.2) is 67.3 Å². The predicted octanol–water partition coefficient (Wildman–Crippen LogP) is 4.39. The quantitative estimate of drug-likeness (QED) is 0.417. The molecule has 0 aromatic heterocycles. The Hall–Kier alpha value is -2.14. The van der Waals surface area contributed by atoms with Gasteiger partial charge in [0.25, 0.3) is 0 Å². The van der Waals surface area contributed by atoms with E-state index in [2.05, 4.69) is 6.58 Å². The first-order valence-corrected chi connectivity index (χ1v) is 8.81. The molecule has 1 unspecified atom stereocenters. The number of benzene rings is 2. The van der Waals surface area contributed by atoms with E-state index in [1.807, 2.05) is 61.5 Å². The van der Waals surface area contributed by atoms with Crippen LogP contribution in [-0.2, 0) is 27.4 Å². The Labute approximate surface area is 156 Å². The Balaban J connectivity index is 1.87. The van der Waals surface area contributed by atoms with E-state index < -0.39 is 0 Å². The van der Waals surface area contributed by atoms with Gasteiger partial charge in [0.1, 0.15) is 11.9 Å². The normalized spacial score (nSPS) is 13.2. The minimum absolute atomic E-state index is 0.106. The van der Waals surface area contributed by atoms with Gasteiger partial charge in [-0.3, -0.25) is 0 Å². The molecule has 0 aliphatic carbocycles. The van der Waals surface area contributed by atoms with Crippen molar-refractivity contribution in [2.24, 2.45) is 0 Å². The molecular formula is C22H28O4. The molecular weight excluding hydrogens is 328 g/mol. The number of hydrogen-bond acceptors (Lipinski definition) is 4. The molecule has 2 rings (SSSR count). The molecule has 0 fully saturated rings. The van der Waals surface area contributed by atoms with Crippen molar-refractivity contribution in [1.82, 2.24) is 0 Å². The van der Waals surface area contributed by atoms with Crippen LogP contribution in [0.5, 0.6) is 5.75 Å². The summed E-state index contributed by atoms with van der Waals surface area (Å²) in [4.78, 5) is 0. The highest BCUT2D eigenvalue weighted by molar-refractivity contribution is 5.26. The lowest BCUT2D eigenvalue weighted by atomic mass is 10.2. The maximum absolute atomic E-state index is 6.06. The predicted molar refractivity (Wildman–Crippen MR) is 103 cm³/mol. The molecule has 0 N–H and O–H groups in total. The van der Waals surface area contributed by atoms with E-state index in [1.165, 1.54) is 0 Å². The van der Waals surface area contributed by atoms with E-state index in [-0.39, 0.29) is 12.2 Å². The van der Waals surface area contributed by atoms with Gasteiger partial charge >= 0.3 is 0 Å². The number of rotatable bonds is 12. The van der Waals surface area contributed by atoms with Gasteiger partial charge in [0.2, 0.25) is 0 Å². The minimum atomic E-state index is -0.159. The molecule has 2 aromatic rings. The van der Waals surface area contributed by atoms with E-state index >= 15 is 0 Å². The van der Waals surface area contributed by atoms with E-state index in [0.29, 0.717) is 26.4 Å². The van der Waals surface area contributed by atoms with Crippen molar-refractivity contribution >= 4 is 0 Å². The zero-order valence-corrected chi connectivity index (χ0v) is 15.6. The van der Waals surface area contributed by atoms with Crippen molar-refractivity contribution in [3.63, 3.8) is 0 Å². The highest BCUT2D eigenvalue weighted by Crippen LogP contribution is 2.15. The molecule has 0 radical (unpaired) electrons. The van der Waals surface area contributed by atoms with Gasteiger partial charge in [-0.1, -0.05) is 48.5 Å². The first-order valence-electron chi connectivity index (χ1n) is 8.81. The summed E-state index contributed by atoms with van der Waals surface area (Å²) < 4.78 is 22.8. The molecule has 0 saturated heterocycles. The number of ether oxygens (including phenoxy) is 4. The average Bonchev–Trinajstić information content (AvgIpc) is 2.70. The Morgan fingerprint density at radius 1 is 0.923 bits per heavy atom. The van der Waals surface area contributed by atoms with Crippen LogP contribution >= 0.6 is 0 Å². The number of hydrogen-bond donors (Lipinski definition) is 0. The molecule has 0 aliphatic heterocycles. The van der Waals surface area contributed by atoms with Crippen molar-refractivity contribution in [2.75, 3.05) is 20.3 Å². The van der Waals surface area contributed by atoms with E-state index in [4.69, 9.17) is 18.9 Å². The van der Waals surface area contributed by atoms with Crippen LogP contribution < -0.4 is 4.74 Å². The lowest BCUT2D eigenvalue weighted by molar-refractivity contribution is -0.105. The van der Waals surface area contributed by atoms with Gasteiger partial charge in [-0.25, -0.2) is 0 Å². The molecule has 0 amide bonds. The maximum Gasteiger partial charge on any atom is 0.118 e. The summed E-state index contributed by atoms with van der Waals surface area (Å²) in [7, 11) is 1.66. The van der Waals surface area contributed by atoms with Gasteiger partial charge in [0, 0.05) is 0 Å². The summed E-state index contributed by atoms with van der Waals surface area (Å²) in [5.74, 6) is 0.837. The Bertz CT molecular complexity index is 624. The Morgan fingerprint density at radius 2 is 1.58 bits per heavy atom.